The SMILES string of the molecule is C[C@H](Oc1cccc(Cl)c1)C(=O)NCc1c[nH]c(=O)[nH]c1=O. The van der Waals surface area contributed by atoms with E-state index >= 15 is 0 Å². The highest BCUT2D eigenvalue weighted by Gasteiger charge is 2.15. The normalized spacial score (nSPS) is 11.7. The summed E-state index contributed by atoms with van der Waals surface area (Å²) in [6.45, 7) is 1.56. The summed E-state index contributed by atoms with van der Waals surface area (Å²) in [5, 5.41) is 3.06. The third-order valence-corrected chi connectivity index (χ3v) is 3.06. The number of nitrogens with one attached hydrogen (secondary N) is 3. The first-order chi connectivity index (χ1) is 10.5. The average molecular weight is 324 g/mol. The van der Waals surface area contributed by atoms with E-state index < -0.39 is 23.3 Å². The Labute approximate surface area is 130 Å². The van der Waals surface area contributed by atoms with Gasteiger partial charge < -0.3 is 15.0 Å². The smallest absolute Gasteiger partial charge is 0.325 e. The molecule has 0 saturated heterocycles. The highest BCUT2D eigenvalue weighted by molar-refractivity contribution is 6.30. The standard InChI is InChI=1S/C14H14ClN3O4/c1-8(22-11-4-2-3-10(15)5-11)12(19)16-6-9-7-17-14(21)18-13(9)20/h2-5,7-8H,6H2,1H3,(H,16,19)(H2,17,18,20,21)/t8-/m0/s1. The zero-order valence-corrected chi connectivity index (χ0v) is 12.4. The summed E-state index contributed by atoms with van der Waals surface area (Å²) in [6, 6.07) is 6.68. The molecule has 8 heteroatoms. The first kappa shape index (κ1) is 15.8. The van der Waals surface area contributed by atoms with Crippen molar-refractivity contribution in [2.24, 2.45) is 0 Å². The number of carbonyl (C=O) groups is 1. The van der Waals surface area contributed by atoms with Gasteiger partial charge in [-0.05, 0) is 25.1 Å². The molecule has 22 heavy (non-hydrogen) atoms. The van der Waals surface area contributed by atoms with Crippen molar-refractivity contribution in [3.8, 4) is 5.75 Å². The minimum Gasteiger partial charge on any atom is -0.481 e. The second-order valence-corrected chi connectivity index (χ2v) is 4.97. The quantitative estimate of drug-likeness (QED) is 0.757. The van der Waals surface area contributed by atoms with Crippen LogP contribution in [0, 0.1) is 0 Å². The van der Waals surface area contributed by atoms with E-state index in [1.807, 2.05) is 0 Å². The average Bonchev–Trinajstić information content (AvgIpc) is 2.46. The molecule has 1 aromatic carbocycles. The molecule has 116 valence electrons. The second kappa shape index (κ2) is 6.95. The van der Waals surface area contributed by atoms with Gasteiger partial charge >= 0.3 is 5.69 Å². The van der Waals surface area contributed by atoms with Gasteiger partial charge in [-0.1, -0.05) is 17.7 Å². The van der Waals surface area contributed by atoms with Gasteiger partial charge in [-0.15, -0.1) is 0 Å². The highest BCUT2D eigenvalue weighted by Crippen LogP contribution is 2.18. The lowest BCUT2D eigenvalue weighted by molar-refractivity contribution is -0.127. The number of halogens is 1. The van der Waals surface area contributed by atoms with E-state index in [2.05, 4.69) is 15.3 Å². The third kappa shape index (κ3) is 4.23. The number of amides is 1. The fourth-order valence-electron chi connectivity index (χ4n) is 1.69. The van der Waals surface area contributed by atoms with Crippen LogP contribution in [0.3, 0.4) is 0 Å². The van der Waals surface area contributed by atoms with E-state index in [0.29, 0.717) is 10.8 Å². The molecule has 0 fully saturated rings. The summed E-state index contributed by atoms with van der Waals surface area (Å²) in [7, 11) is 0. The first-order valence-electron chi connectivity index (χ1n) is 6.46. The predicted molar refractivity (Wildman–Crippen MR) is 81.1 cm³/mol. The molecular weight excluding hydrogens is 310 g/mol. The number of ether oxygens (including phenoxy) is 1. The van der Waals surface area contributed by atoms with E-state index in [0.717, 1.165) is 0 Å². The maximum Gasteiger partial charge on any atom is 0.325 e. The first-order valence-corrected chi connectivity index (χ1v) is 6.84. The van der Waals surface area contributed by atoms with Crippen molar-refractivity contribution < 1.29 is 9.53 Å². The molecule has 0 aliphatic rings. The number of carbonyl (C=O) groups excluding carboxylic acids is 1. The van der Waals surface area contributed by atoms with Crippen LogP contribution < -0.4 is 21.3 Å². The molecule has 1 atom stereocenters. The Bertz CT molecular complexity index is 784. The Hall–Kier alpha value is -2.54. The molecule has 0 radical (unpaired) electrons. The van der Waals surface area contributed by atoms with Crippen LogP contribution >= 0.6 is 11.6 Å². The van der Waals surface area contributed by atoms with Crippen molar-refractivity contribution in [2.75, 3.05) is 0 Å². The van der Waals surface area contributed by atoms with Gasteiger partial charge in [0, 0.05) is 17.8 Å². The number of benzene rings is 1. The maximum atomic E-state index is 11.9. The molecule has 1 aromatic heterocycles. The molecule has 1 heterocycles. The van der Waals surface area contributed by atoms with Crippen molar-refractivity contribution in [3.05, 3.63) is 61.9 Å². The molecule has 0 unspecified atom stereocenters. The van der Waals surface area contributed by atoms with Crippen LogP contribution in [0.25, 0.3) is 0 Å². The minimum absolute atomic E-state index is 0.0197. The maximum absolute atomic E-state index is 11.9. The fraction of sp³-hybridized carbons (Fsp3) is 0.214. The number of aromatic amines is 2. The molecule has 3 N–H and O–H groups in total. The van der Waals surface area contributed by atoms with Crippen molar-refractivity contribution in [2.45, 2.75) is 19.6 Å². The summed E-state index contributed by atoms with van der Waals surface area (Å²) in [5.41, 5.74) is -0.909. The summed E-state index contributed by atoms with van der Waals surface area (Å²) >= 11 is 5.83. The molecule has 0 bridgehead atoms. The highest BCUT2D eigenvalue weighted by atomic mass is 35.5. The van der Waals surface area contributed by atoms with Gasteiger partial charge in [0.15, 0.2) is 6.10 Å². The second-order valence-electron chi connectivity index (χ2n) is 4.53. The monoisotopic (exact) mass is 323 g/mol. The fourth-order valence-corrected chi connectivity index (χ4v) is 1.87. The van der Waals surface area contributed by atoms with Gasteiger partial charge in [-0.2, -0.15) is 0 Å². The van der Waals surface area contributed by atoms with E-state index in [-0.39, 0.29) is 12.1 Å². The van der Waals surface area contributed by atoms with E-state index in [1.54, 1.807) is 31.2 Å². The van der Waals surface area contributed by atoms with Gasteiger partial charge in [0.25, 0.3) is 11.5 Å². The lowest BCUT2D eigenvalue weighted by Gasteiger charge is -2.14. The lowest BCUT2D eigenvalue weighted by Crippen LogP contribution is -2.37. The van der Waals surface area contributed by atoms with Gasteiger partial charge in [0.05, 0.1) is 5.56 Å². The summed E-state index contributed by atoms with van der Waals surface area (Å²) in [5.74, 6) is 0.0719. The number of hydrogen-bond acceptors (Lipinski definition) is 4. The molecule has 7 nitrogen and oxygen atoms in total. The number of aromatic nitrogens is 2. The molecule has 1 amide bonds. The van der Waals surface area contributed by atoms with E-state index in [4.69, 9.17) is 16.3 Å². The van der Waals surface area contributed by atoms with Crippen molar-refractivity contribution in [1.29, 1.82) is 0 Å². The van der Waals surface area contributed by atoms with Crippen LogP contribution in [0.1, 0.15) is 12.5 Å². The van der Waals surface area contributed by atoms with Gasteiger partial charge in [0.2, 0.25) is 0 Å². The Morgan fingerprint density at radius 1 is 1.41 bits per heavy atom. The van der Waals surface area contributed by atoms with Crippen molar-refractivity contribution in [3.63, 3.8) is 0 Å². The van der Waals surface area contributed by atoms with Crippen LogP contribution in [-0.4, -0.2) is 22.0 Å². The van der Waals surface area contributed by atoms with E-state index in [9.17, 15) is 14.4 Å². The molecule has 2 aromatic rings. The Kier molecular flexibility index (Phi) is 5.00. The van der Waals surface area contributed by atoms with Crippen LogP contribution in [0.5, 0.6) is 5.75 Å². The van der Waals surface area contributed by atoms with Crippen LogP contribution in [0.2, 0.25) is 5.02 Å². The molecule has 0 saturated carbocycles. The number of rotatable bonds is 5. The van der Waals surface area contributed by atoms with Gasteiger partial charge in [-0.3, -0.25) is 14.6 Å². The van der Waals surface area contributed by atoms with Gasteiger partial charge in [-0.25, -0.2) is 4.79 Å². The zero-order valence-electron chi connectivity index (χ0n) is 11.7. The summed E-state index contributed by atoms with van der Waals surface area (Å²) < 4.78 is 5.45. The van der Waals surface area contributed by atoms with Gasteiger partial charge in [0.1, 0.15) is 5.75 Å². The largest absolute Gasteiger partial charge is 0.481 e. The Balaban J connectivity index is 1.94. The number of H-pyrrole nitrogens is 2. The minimum atomic E-state index is -0.764. The predicted octanol–water partition coefficient (Wildman–Crippen LogP) is 0.800. The Morgan fingerprint density at radius 2 is 2.18 bits per heavy atom. The summed E-state index contributed by atoms with van der Waals surface area (Å²) in [4.78, 5) is 38.7. The molecule has 0 aliphatic heterocycles. The molecule has 2 rings (SSSR count). The molecule has 0 spiro atoms. The Morgan fingerprint density at radius 3 is 2.86 bits per heavy atom. The summed E-state index contributed by atoms with van der Waals surface area (Å²) in [6.07, 6.45) is 0.490. The molecule has 0 aliphatic carbocycles. The topological polar surface area (TPSA) is 104 Å². The van der Waals surface area contributed by atoms with Crippen molar-refractivity contribution in [1.82, 2.24) is 15.3 Å². The van der Waals surface area contributed by atoms with Crippen LogP contribution in [-0.2, 0) is 11.3 Å². The third-order valence-electron chi connectivity index (χ3n) is 2.83. The van der Waals surface area contributed by atoms with E-state index in [1.165, 1.54) is 6.20 Å². The number of hydrogen-bond donors (Lipinski definition) is 3. The van der Waals surface area contributed by atoms with Crippen LogP contribution in [0.15, 0.2) is 40.1 Å². The van der Waals surface area contributed by atoms with Crippen LogP contribution in [0.4, 0.5) is 0 Å². The lowest BCUT2D eigenvalue weighted by atomic mass is 10.3. The van der Waals surface area contributed by atoms with Crippen molar-refractivity contribution >= 4 is 17.5 Å². The zero-order chi connectivity index (χ0) is 16.1. The molecular formula is C14H14ClN3O4.